The molecule has 0 bridgehead atoms. The second-order valence-corrected chi connectivity index (χ2v) is 3.41. The van der Waals surface area contributed by atoms with E-state index in [-0.39, 0.29) is 0 Å². The Morgan fingerprint density at radius 3 is 1.47 bits per heavy atom. The Kier molecular flexibility index (Phi) is 2.00. The van der Waals surface area contributed by atoms with Crippen LogP contribution in [0.25, 0.3) is 10.8 Å². The number of phenolic OH excluding ortho intramolecular Hbond substituents is 7. The van der Waals surface area contributed by atoms with Crippen molar-refractivity contribution in [3.63, 3.8) is 0 Å². The lowest BCUT2D eigenvalue weighted by Crippen LogP contribution is -1.82. The number of benzene rings is 2. The highest BCUT2D eigenvalue weighted by atomic mass is 16.3. The van der Waals surface area contributed by atoms with Gasteiger partial charge in [-0.2, -0.15) is 0 Å². The monoisotopic (exact) mass is 240 g/mol. The van der Waals surface area contributed by atoms with E-state index in [2.05, 4.69) is 0 Å². The van der Waals surface area contributed by atoms with Crippen molar-refractivity contribution in [2.75, 3.05) is 0 Å². The summed E-state index contributed by atoms with van der Waals surface area (Å²) in [6.45, 7) is 0. The van der Waals surface area contributed by atoms with Crippen molar-refractivity contribution in [1.29, 1.82) is 0 Å². The highest BCUT2D eigenvalue weighted by Crippen LogP contribution is 2.55. The van der Waals surface area contributed by atoms with Gasteiger partial charge in [0.05, 0.1) is 10.8 Å². The highest BCUT2D eigenvalue weighted by molar-refractivity contribution is 6.06. The van der Waals surface area contributed by atoms with Crippen LogP contribution in [-0.4, -0.2) is 35.7 Å². The quantitative estimate of drug-likeness (QED) is 0.266. The first-order valence-electron chi connectivity index (χ1n) is 4.39. The number of aromatic hydroxyl groups is 7. The van der Waals surface area contributed by atoms with Gasteiger partial charge in [0.2, 0.25) is 11.5 Å². The molecule has 0 saturated carbocycles. The predicted molar refractivity (Wildman–Crippen MR) is 55.6 cm³/mol. The van der Waals surface area contributed by atoms with E-state index in [9.17, 15) is 35.7 Å². The number of rotatable bonds is 0. The summed E-state index contributed by atoms with van der Waals surface area (Å²) in [6, 6.07) is 0.716. The minimum absolute atomic E-state index is 0.492. The molecule has 2 rings (SSSR count). The normalized spacial score (nSPS) is 10.8. The van der Waals surface area contributed by atoms with Crippen molar-refractivity contribution in [3.05, 3.63) is 6.07 Å². The molecule has 0 aromatic heterocycles. The molecule has 2 aromatic rings. The highest BCUT2D eigenvalue weighted by Gasteiger charge is 2.24. The van der Waals surface area contributed by atoms with Crippen LogP contribution in [0.5, 0.6) is 40.2 Å². The van der Waals surface area contributed by atoms with Gasteiger partial charge < -0.3 is 35.7 Å². The van der Waals surface area contributed by atoms with E-state index in [4.69, 9.17) is 0 Å². The Hall–Kier alpha value is -2.70. The maximum atomic E-state index is 9.49. The lowest BCUT2D eigenvalue weighted by atomic mass is 10.0. The van der Waals surface area contributed by atoms with Gasteiger partial charge in [-0.3, -0.25) is 0 Å². The lowest BCUT2D eigenvalue weighted by Gasteiger charge is -2.12. The molecule has 0 heterocycles. The number of hydrogen-bond donors (Lipinski definition) is 7. The van der Waals surface area contributed by atoms with E-state index in [1.54, 1.807) is 0 Å². The number of hydrogen-bond acceptors (Lipinski definition) is 7. The summed E-state index contributed by atoms with van der Waals surface area (Å²) in [6.07, 6.45) is 0. The van der Waals surface area contributed by atoms with Crippen LogP contribution in [0.1, 0.15) is 0 Å². The summed E-state index contributed by atoms with van der Waals surface area (Å²) in [5.74, 6) is -6.30. The van der Waals surface area contributed by atoms with E-state index in [1.807, 2.05) is 0 Å². The second-order valence-electron chi connectivity index (χ2n) is 3.41. The second kappa shape index (κ2) is 3.14. The van der Waals surface area contributed by atoms with Crippen LogP contribution in [-0.2, 0) is 0 Å². The maximum Gasteiger partial charge on any atom is 0.205 e. The Bertz CT molecular complexity index is 633. The minimum atomic E-state index is -1.07. The summed E-state index contributed by atoms with van der Waals surface area (Å²) in [7, 11) is 0. The zero-order valence-electron chi connectivity index (χ0n) is 8.21. The van der Waals surface area contributed by atoms with Gasteiger partial charge in [0.1, 0.15) is 5.75 Å². The fourth-order valence-electron chi connectivity index (χ4n) is 1.58. The Balaban J connectivity index is 3.17. The van der Waals surface area contributed by atoms with Crippen molar-refractivity contribution in [3.8, 4) is 40.2 Å². The van der Waals surface area contributed by atoms with Crippen molar-refractivity contribution >= 4 is 10.8 Å². The molecule has 7 nitrogen and oxygen atoms in total. The van der Waals surface area contributed by atoms with E-state index in [0.717, 1.165) is 0 Å². The van der Waals surface area contributed by atoms with Gasteiger partial charge >= 0.3 is 0 Å². The molecule has 0 atom stereocenters. The largest absolute Gasteiger partial charge is 0.507 e. The van der Waals surface area contributed by atoms with E-state index >= 15 is 0 Å². The topological polar surface area (TPSA) is 142 Å². The van der Waals surface area contributed by atoms with Gasteiger partial charge in [-0.05, 0) is 0 Å². The minimum Gasteiger partial charge on any atom is -0.507 e. The molecule has 2 aromatic carbocycles. The summed E-state index contributed by atoms with van der Waals surface area (Å²) in [5.41, 5.74) is 0. The first-order chi connectivity index (χ1) is 7.86. The molecule has 7 heteroatoms. The van der Waals surface area contributed by atoms with Gasteiger partial charge in [-0.15, -0.1) is 0 Å². The Morgan fingerprint density at radius 2 is 0.941 bits per heavy atom. The average molecular weight is 240 g/mol. The zero-order chi connectivity index (χ0) is 12.9. The Morgan fingerprint density at radius 1 is 0.471 bits per heavy atom. The maximum absolute atomic E-state index is 9.49. The molecule has 0 aliphatic rings. The van der Waals surface area contributed by atoms with Crippen LogP contribution in [0.2, 0.25) is 0 Å². The molecule has 7 N–H and O–H groups in total. The predicted octanol–water partition coefficient (Wildman–Crippen LogP) is 0.779. The third kappa shape index (κ3) is 1.22. The fraction of sp³-hybridized carbons (Fsp3) is 0. The van der Waals surface area contributed by atoms with Crippen molar-refractivity contribution in [1.82, 2.24) is 0 Å². The molecule has 0 amide bonds. The van der Waals surface area contributed by atoms with Gasteiger partial charge in [-0.25, -0.2) is 0 Å². The van der Waals surface area contributed by atoms with E-state index in [0.29, 0.717) is 6.07 Å². The standard InChI is InChI=1S/C10H8O7/c11-2-1-3(12)6(13)5-4(2)7(14)9(16)10(17)8(5)15/h1,11-17H. The van der Waals surface area contributed by atoms with Gasteiger partial charge in [-0.1, -0.05) is 0 Å². The zero-order valence-corrected chi connectivity index (χ0v) is 8.21. The van der Waals surface area contributed by atoms with Crippen LogP contribution in [0.4, 0.5) is 0 Å². The summed E-state index contributed by atoms with van der Waals surface area (Å²) in [4.78, 5) is 0. The molecule has 0 fully saturated rings. The third-order valence-electron chi connectivity index (χ3n) is 2.41. The summed E-state index contributed by atoms with van der Waals surface area (Å²) in [5, 5.41) is 64.6. The van der Waals surface area contributed by atoms with Crippen molar-refractivity contribution < 1.29 is 35.7 Å². The Labute approximate surface area is 93.7 Å². The lowest BCUT2D eigenvalue weighted by molar-refractivity contribution is 0.347. The van der Waals surface area contributed by atoms with E-state index < -0.39 is 51.0 Å². The van der Waals surface area contributed by atoms with Gasteiger partial charge in [0.25, 0.3) is 0 Å². The van der Waals surface area contributed by atoms with Crippen molar-refractivity contribution in [2.24, 2.45) is 0 Å². The summed E-state index contributed by atoms with van der Waals surface area (Å²) >= 11 is 0. The molecule has 0 aliphatic carbocycles. The SMILES string of the molecule is Oc1cc(O)c2c(O)c(O)c(O)c(O)c2c1O. The average Bonchev–Trinajstić information content (AvgIpc) is 2.28. The molecule has 0 spiro atoms. The molecule has 0 radical (unpaired) electrons. The molecule has 0 unspecified atom stereocenters. The van der Waals surface area contributed by atoms with Crippen LogP contribution in [0.3, 0.4) is 0 Å². The van der Waals surface area contributed by atoms with Crippen LogP contribution in [0, 0.1) is 0 Å². The van der Waals surface area contributed by atoms with Gasteiger partial charge in [0, 0.05) is 6.07 Å². The fourth-order valence-corrected chi connectivity index (χ4v) is 1.58. The third-order valence-corrected chi connectivity index (χ3v) is 2.41. The first-order valence-corrected chi connectivity index (χ1v) is 4.39. The summed E-state index contributed by atoms with van der Waals surface area (Å²) < 4.78 is 0. The van der Waals surface area contributed by atoms with Crippen molar-refractivity contribution in [2.45, 2.75) is 0 Å². The van der Waals surface area contributed by atoms with Gasteiger partial charge in [0.15, 0.2) is 23.0 Å². The van der Waals surface area contributed by atoms with Crippen LogP contribution >= 0.6 is 0 Å². The first kappa shape index (κ1) is 10.8. The molecular formula is C10H8O7. The number of fused-ring (bicyclic) bond motifs is 1. The smallest absolute Gasteiger partial charge is 0.205 e. The van der Waals surface area contributed by atoms with Crippen LogP contribution < -0.4 is 0 Å². The van der Waals surface area contributed by atoms with Crippen LogP contribution in [0.15, 0.2) is 6.07 Å². The molecule has 90 valence electrons. The number of phenols is 7. The van der Waals surface area contributed by atoms with E-state index in [1.165, 1.54) is 0 Å². The molecule has 0 aliphatic heterocycles. The molecule has 0 saturated heterocycles. The molecule has 17 heavy (non-hydrogen) atoms. The molecular weight excluding hydrogens is 232 g/mol.